The van der Waals surface area contributed by atoms with E-state index in [1.54, 1.807) is 6.20 Å². The maximum absolute atomic E-state index is 11.7. The van der Waals surface area contributed by atoms with Gasteiger partial charge in [0, 0.05) is 28.7 Å². The molecule has 3 aromatic rings. The summed E-state index contributed by atoms with van der Waals surface area (Å²) < 4.78 is 5.02. The van der Waals surface area contributed by atoms with Crippen LogP contribution >= 0.6 is 11.6 Å². The van der Waals surface area contributed by atoms with Crippen molar-refractivity contribution in [1.29, 1.82) is 5.26 Å². The molecule has 0 aliphatic carbocycles. The molecule has 8 nitrogen and oxygen atoms in total. The molecule has 27 heavy (non-hydrogen) atoms. The fourth-order valence-corrected chi connectivity index (χ4v) is 2.80. The molecular formula is C18H17ClN6O2. The number of aromatic nitrogens is 3. The number of H-pyrrole nitrogens is 1. The van der Waals surface area contributed by atoms with Gasteiger partial charge < -0.3 is 20.4 Å². The molecule has 1 aromatic carbocycles. The average Bonchev–Trinajstić information content (AvgIpc) is 3.07. The highest BCUT2D eigenvalue weighted by molar-refractivity contribution is 6.34. The number of nitrogens with one attached hydrogen (secondary N) is 3. The Morgan fingerprint density at radius 1 is 1.30 bits per heavy atom. The van der Waals surface area contributed by atoms with E-state index in [4.69, 9.17) is 21.6 Å². The minimum absolute atomic E-state index is 0.273. The molecule has 0 spiro atoms. The molecule has 0 radical (unpaired) electrons. The summed E-state index contributed by atoms with van der Waals surface area (Å²) in [6, 6.07) is 7.29. The largest absolute Gasteiger partial charge is 0.480 e. The van der Waals surface area contributed by atoms with Crippen LogP contribution in [0.3, 0.4) is 0 Å². The van der Waals surface area contributed by atoms with Crippen LogP contribution in [-0.4, -0.2) is 34.6 Å². The van der Waals surface area contributed by atoms with Gasteiger partial charge in [-0.2, -0.15) is 5.26 Å². The number of benzene rings is 1. The smallest absolute Gasteiger partial charge is 0.315 e. The van der Waals surface area contributed by atoms with Gasteiger partial charge in [-0.05, 0) is 18.2 Å². The van der Waals surface area contributed by atoms with Crippen molar-refractivity contribution in [1.82, 2.24) is 25.6 Å². The average molecular weight is 385 g/mol. The van der Waals surface area contributed by atoms with Crippen LogP contribution in [0.2, 0.25) is 5.02 Å². The lowest BCUT2D eigenvalue weighted by Crippen LogP contribution is -2.35. The number of ether oxygens (including phenoxy) is 1. The van der Waals surface area contributed by atoms with E-state index < -0.39 is 0 Å². The molecule has 0 aliphatic rings. The molecule has 0 saturated carbocycles. The Balaban J connectivity index is 1.75. The zero-order valence-electron chi connectivity index (χ0n) is 14.5. The minimum Gasteiger partial charge on any atom is -0.480 e. The molecular weight excluding hydrogens is 368 g/mol. The number of urea groups is 1. The van der Waals surface area contributed by atoms with Crippen molar-refractivity contribution in [2.24, 2.45) is 0 Å². The number of methoxy groups -OCH3 is 1. The summed E-state index contributed by atoms with van der Waals surface area (Å²) in [5.41, 5.74) is 3.08. The summed E-state index contributed by atoms with van der Waals surface area (Å²) in [6.45, 7) is 0.638. The molecule has 9 heteroatoms. The molecule has 0 unspecified atom stereocenters. The predicted octanol–water partition coefficient (Wildman–Crippen LogP) is 3.00. The minimum atomic E-state index is -0.323. The Bertz CT molecular complexity index is 993. The van der Waals surface area contributed by atoms with Gasteiger partial charge in [-0.15, -0.1) is 0 Å². The third-order valence-corrected chi connectivity index (χ3v) is 4.15. The fraction of sp³-hybridized carbons (Fsp3) is 0.222. The summed E-state index contributed by atoms with van der Waals surface area (Å²) in [5.74, 6) is 0.428. The first-order chi connectivity index (χ1) is 13.1. The van der Waals surface area contributed by atoms with Crippen LogP contribution in [0.5, 0.6) is 5.88 Å². The highest BCUT2D eigenvalue weighted by Crippen LogP contribution is 2.31. The number of carbonyl (C=O) groups excluding carboxylic acids is 1. The summed E-state index contributed by atoms with van der Waals surface area (Å²) in [7, 11) is 1.53. The lowest BCUT2D eigenvalue weighted by atomic mass is 10.1. The highest BCUT2D eigenvalue weighted by atomic mass is 35.5. The zero-order chi connectivity index (χ0) is 19.2. The third-order valence-electron chi connectivity index (χ3n) is 3.84. The van der Waals surface area contributed by atoms with Crippen LogP contribution in [0.4, 0.5) is 4.79 Å². The van der Waals surface area contributed by atoms with Crippen molar-refractivity contribution < 1.29 is 9.53 Å². The SMILES string of the molecule is COc1cnc(-c2cc3[nH]c(CNC(=O)NCCC#N)cc3cc2Cl)cn1. The lowest BCUT2D eigenvalue weighted by molar-refractivity contribution is 0.240. The number of nitriles is 1. The van der Waals surface area contributed by atoms with Crippen LogP contribution in [0.25, 0.3) is 22.2 Å². The van der Waals surface area contributed by atoms with Gasteiger partial charge in [-0.1, -0.05) is 11.6 Å². The monoisotopic (exact) mass is 384 g/mol. The maximum Gasteiger partial charge on any atom is 0.315 e. The molecule has 0 atom stereocenters. The van der Waals surface area contributed by atoms with Crippen LogP contribution in [0.15, 0.2) is 30.6 Å². The van der Waals surface area contributed by atoms with Gasteiger partial charge in [0.1, 0.15) is 0 Å². The molecule has 0 saturated heterocycles. The Hall–Kier alpha value is -3.31. The van der Waals surface area contributed by atoms with Gasteiger partial charge >= 0.3 is 6.03 Å². The topological polar surface area (TPSA) is 116 Å². The molecule has 0 aliphatic heterocycles. The van der Waals surface area contributed by atoms with E-state index in [1.165, 1.54) is 13.3 Å². The number of carbonyl (C=O) groups is 1. The Labute approximate surface area is 160 Å². The predicted molar refractivity (Wildman–Crippen MR) is 101 cm³/mol. The normalized spacial score (nSPS) is 10.4. The first-order valence-electron chi connectivity index (χ1n) is 8.17. The van der Waals surface area contributed by atoms with Crippen LogP contribution in [0.1, 0.15) is 12.1 Å². The number of hydrogen-bond acceptors (Lipinski definition) is 5. The number of rotatable bonds is 6. The number of hydrogen-bond donors (Lipinski definition) is 3. The van der Waals surface area contributed by atoms with E-state index in [1.807, 2.05) is 24.3 Å². The highest BCUT2D eigenvalue weighted by Gasteiger charge is 2.11. The summed E-state index contributed by atoms with van der Waals surface area (Å²) in [5, 5.41) is 15.3. The summed E-state index contributed by atoms with van der Waals surface area (Å²) >= 11 is 6.40. The number of fused-ring (bicyclic) bond motifs is 1. The van der Waals surface area contributed by atoms with E-state index in [9.17, 15) is 4.79 Å². The lowest BCUT2D eigenvalue weighted by Gasteiger charge is -2.05. The molecule has 3 rings (SSSR count). The number of amides is 2. The number of nitrogens with zero attached hydrogens (tertiary/aromatic N) is 3. The summed E-state index contributed by atoms with van der Waals surface area (Å²) in [4.78, 5) is 23.4. The zero-order valence-corrected chi connectivity index (χ0v) is 15.3. The third kappa shape index (κ3) is 4.46. The van der Waals surface area contributed by atoms with Crippen molar-refractivity contribution in [3.8, 4) is 23.2 Å². The van der Waals surface area contributed by atoms with Gasteiger partial charge in [0.05, 0.1) is 49.3 Å². The Morgan fingerprint density at radius 3 is 2.85 bits per heavy atom. The quantitative estimate of drug-likeness (QED) is 0.565. The molecule has 2 aromatic heterocycles. The number of halogens is 1. The van der Waals surface area contributed by atoms with Crippen molar-refractivity contribution in [3.63, 3.8) is 0 Å². The molecule has 2 heterocycles. The van der Waals surface area contributed by atoms with Crippen molar-refractivity contribution >= 4 is 28.5 Å². The van der Waals surface area contributed by atoms with E-state index in [-0.39, 0.29) is 12.5 Å². The van der Waals surface area contributed by atoms with E-state index in [2.05, 4.69) is 25.6 Å². The van der Waals surface area contributed by atoms with Crippen molar-refractivity contribution in [2.75, 3.05) is 13.7 Å². The molecule has 3 N–H and O–H groups in total. The molecule has 0 bridgehead atoms. The van der Waals surface area contributed by atoms with Gasteiger partial charge in [0.15, 0.2) is 0 Å². The second-order valence-electron chi connectivity index (χ2n) is 5.68. The number of aromatic amines is 1. The van der Waals surface area contributed by atoms with Crippen LogP contribution in [0, 0.1) is 11.3 Å². The molecule has 0 fully saturated rings. The van der Waals surface area contributed by atoms with Gasteiger partial charge in [-0.3, -0.25) is 0 Å². The van der Waals surface area contributed by atoms with E-state index in [0.717, 1.165) is 22.2 Å². The molecule has 138 valence electrons. The van der Waals surface area contributed by atoms with Gasteiger partial charge in [0.25, 0.3) is 0 Å². The fourth-order valence-electron chi connectivity index (χ4n) is 2.54. The second kappa shape index (κ2) is 8.38. The van der Waals surface area contributed by atoms with E-state index in [0.29, 0.717) is 29.7 Å². The van der Waals surface area contributed by atoms with Gasteiger partial charge in [0.2, 0.25) is 5.88 Å². The van der Waals surface area contributed by atoms with Crippen LogP contribution in [-0.2, 0) is 6.54 Å². The van der Waals surface area contributed by atoms with Crippen molar-refractivity contribution in [3.05, 3.63) is 41.3 Å². The standard InChI is InChI=1S/C18H17ClN6O2/c1-27-17-10-22-16(9-23-17)13-7-15-11(6-14(13)19)5-12(25-15)8-24-18(26)21-4-2-3-20/h5-7,9-10,25H,2,4,8H2,1H3,(H2,21,24,26). The Morgan fingerprint density at radius 2 is 2.15 bits per heavy atom. The van der Waals surface area contributed by atoms with Crippen molar-refractivity contribution in [2.45, 2.75) is 13.0 Å². The first-order valence-corrected chi connectivity index (χ1v) is 8.54. The van der Waals surface area contributed by atoms with Gasteiger partial charge in [-0.25, -0.2) is 14.8 Å². The summed E-state index contributed by atoms with van der Waals surface area (Å²) in [6.07, 6.45) is 3.41. The Kier molecular flexibility index (Phi) is 5.74. The first kappa shape index (κ1) is 18.5. The second-order valence-corrected chi connectivity index (χ2v) is 6.08. The molecule has 2 amide bonds. The maximum atomic E-state index is 11.7. The van der Waals surface area contributed by atoms with E-state index >= 15 is 0 Å². The van der Waals surface area contributed by atoms with Crippen LogP contribution < -0.4 is 15.4 Å².